The molecule has 0 aliphatic carbocycles. The van der Waals surface area contributed by atoms with Gasteiger partial charge in [0.2, 0.25) is 5.75 Å². The number of phenolic OH excluding ortho intramolecular Hbond substituents is 3. The third kappa shape index (κ3) is 4.09. The molecular weight excluding hydrogens is 432 g/mol. The molecule has 0 radical (unpaired) electrons. The summed E-state index contributed by atoms with van der Waals surface area (Å²) in [7, 11) is 3.02. The topological polar surface area (TPSA) is 88.4 Å². The maximum atomic E-state index is 10.6. The van der Waals surface area contributed by atoms with E-state index in [0.29, 0.717) is 23.9 Å². The number of hydrogen-bond donors (Lipinski definition) is 3. The van der Waals surface area contributed by atoms with Crippen LogP contribution in [0.4, 0.5) is 0 Å². The summed E-state index contributed by atoms with van der Waals surface area (Å²) >= 11 is 0. The molecule has 4 rings (SSSR count). The number of aromatic hydroxyl groups is 3. The fourth-order valence-corrected chi connectivity index (χ4v) is 4.96. The van der Waals surface area contributed by atoms with Gasteiger partial charge in [-0.25, -0.2) is 0 Å². The van der Waals surface area contributed by atoms with E-state index in [-0.39, 0.29) is 29.1 Å². The van der Waals surface area contributed by atoms with Crippen molar-refractivity contribution in [1.29, 1.82) is 0 Å². The third-order valence-electron chi connectivity index (χ3n) is 6.69. The summed E-state index contributed by atoms with van der Waals surface area (Å²) in [5.41, 5.74) is 5.40. The summed E-state index contributed by atoms with van der Waals surface area (Å²) in [6.45, 7) is 6.23. The number of methoxy groups -OCH3 is 2. The summed E-state index contributed by atoms with van der Waals surface area (Å²) in [6, 6.07) is 11.4. The average molecular weight is 465 g/mol. The Labute approximate surface area is 200 Å². The van der Waals surface area contributed by atoms with Crippen LogP contribution in [0.1, 0.15) is 58.6 Å². The third-order valence-corrected chi connectivity index (χ3v) is 6.69. The summed E-state index contributed by atoms with van der Waals surface area (Å²) in [5, 5.41) is 31.4. The van der Waals surface area contributed by atoms with Crippen molar-refractivity contribution in [3.05, 3.63) is 69.8 Å². The molecule has 1 aliphatic rings. The minimum atomic E-state index is -0.127. The minimum absolute atomic E-state index is 0.0473. The number of ether oxygens (including phenoxy) is 3. The molecule has 0 amide bonds. The number of hydrogen-bond acceptors (Lipinski definition) is 6. The van der Waals surface area contributed by atoms with Crippen LogP contribution >= 0.6 is 0 Å². The van der Waals surface area contributed by atoms with E-state index in [1.54, 1.807) is 6.07 Å². The van der Waals surface area contributed by atoms with Crippen LogP contribution in [0.2, 0.25) is 0 Å². The summed E-state index contributed by atoms with van der Waals surface area (Å²) in [4.78, 5) is 0. The zero-order valence-corrected chi connectivity index (χ0v) is 20.3. The molecule has 180 valence electrons. The van der Waals surface area contributed by atoms with E-state index in [4.69, 9.17) is 14.2 Å². The van der Waals surface area contributed by atoms with Gasteiger partial charge in [-0.1, -0.05) is 25.5 Å². The van der Waals surface area contributed by atoms with Gasteiger partial charge in [-0.3, -0.25) is 0 Å². The summed E-state index contributed by atoms with van der Waals surface area (Å²) in [6.07, 6.45) is 1.66. The lowest BCUT2D eigenvalue weighted by Gasteiger charge is -2.35. The summed E-state index contributed by atoms with van der Waals surface area (Å²) in [5.74, 6) is 1.55. The molecule has 34 heavy (non-hydrogen) atoms. The molecule has 3 aromatic rings. The molecule has 0 saturated heterocycles. The van der Waals surface area contributed by atoms with E-state index in [1.165, 1.54) is 14.2 Å². The zero-order chi connectivity index (χ0) is 24.6. The molecule has 0 bridgehead atoms. The molecule has 1 aliphatic heterocycles. The highest BCUT2D eigenvalue weighted by Gasteiger charge is 2.36. The van der Waals surface area contributed by atoms with E-state index in [9.17, 15) is 15.3 Å². The van der Waals surface area contributed by atoms with E-state index in [2.05, 4.69) is 6.92 Å². The van der Waals surface area contributed by atoms with Gasteiger partial charge in [-0.2, -0.15) is 0 Å². The van der Waals surface area contributed by atoms with Crippen LogP contribution in [0.5, 0.6) is 34.5 Å². The molecule has 2 unspecified atom stereocenters. The van der Waals surface area contributed by atoms with E-state index >= 15 is 0 Å². The van der Waals surface area contributed by atoms with Crippen molar-refractivity contribution in [3.63, 3.8) is 0 Å². The molecule has 0 aromatic heterocycles. The van der Waals surface area contributed by atoms with Crippen LogP contribution in [-0.2, 0) is 6.42 Å². The second-order valence-electron chi connectivity index (χ2n) is 8.94. The Kier molecular flexibility index (Phi) is 6.51. The van der Waals surface area contributed by atoms with Crippen LogP contribution in [0.15, 0.2) is 36.4 Å². The first-order valence-electron chi connectivity index (χ1n) is 11.5. The van der Waals surface area contributed by atoms with Crippen molar-refractivity contribution >= 4 is 0 Å². The van der Waals surface area contributed by atoms with E-state index in [1.807, 2.05) is 44.2 Å². The quantitative estimate of drug-likeness (QED) is 0.434. The molecule has 6 heteroatoms. The van der Waals surface area contributed by atoms with Crippen molar-refractivity contribution in [3.8, 4) is 34.5 Å². The fraction of sp³-hybridized carbons (Fsp3) is 0.357. The Morgan fingerprint density at radius 1 is 0.853 bits per heavy atom. The van der Waals surface area contributed by atoms with Gasteiger partial charge < -0.3 is 29.5 Å². The fourth-order valence-electron chi connectivity index (χ4n) is 4.96. The van der Waals surface area contributed by atoms with Crippen LogP contribution in [-0.4, -0.2) is 36.1 Å². The minimum Gasteiger partial charge on any atom is -0.508 e. The standard InChI is InChI=1S/C28H32O6/c1-6-7-17-10-20-23(13-22(17)29)34-14-21(18-11-24(32-4)28(31)25(12-18)33-5)26(20)19-8-15(2)27(30)16(3)9-19/h8-13,21,26,29-31H,6-7,14H2,1-5H3. The van der Waals surface area contributed by atoms with Crippen LogP contribution in [0.25, 0.3) is 0 Å². The molecule has 3 N–H and O–H groups in total. The maximum Gasteiger partial charge on any atom is 0.200 e. The molecule has 2 atom stereocenters. The molecule has 0 spiro atoms. The van der Waals surface area contributed by atoms with Gasteiger partial charge in [0.1, 0.15) is 17.2 Å². The molecule has 0 fully saturated rings. The number of rotatable bonds is 6. The van der Waals surface area contributed by atoms with E-state index < -0.39 is 0 Å². The lowest BCUT2D eigenvalue weighted by atomic mass is 9.74. The van der Waals surface area contributed by atoms with Crippen molar-refractivity contribution in [1.82, 2.24) is 0 Å². The highest BCUT2D eigenvalue weighted by molar-refractivity contribution is 5.58. The van der Waals surface area contributed by atoms with Gasteiger partial charge >= 0.3 is 0 Å². The van der Waals surface area contributed by atoms with Crippen LogP contribution < -0.4 is 14.2 Å². The lowest BCUT2D eigenvalue weighted by molar-refractivity contribution is 0.246. The predicted octanol–water partition coefficient (Wildman–Crippen LogP) is 5.70. The summed E-state index contributed by atoms with van der Waals surface area (Å²) < 4.78 is 17.0. The average Bonchev–Trinajstić information content (AvgIpc) is 2.82. The predicted molar refractivity (Wildman–Crippen MR) is 131 cm³/mol. The number of phenols is 3. The van der Waals surface area contributed by atoms with Gasteiger partial charge in [0, 0.05) is 23.5 Å². The highest BCUT2D eigenvalue weighted by Crippen LogP contribution is 2.50. The first kappa shape index (κ1) is 23.6. The van der Waals surface area contributed by atoms with Crippen LogP contribution in [0, 0.1) is 13.8 Å². The second kappa shape index (κ2) is 9.37. The van der Waals surface area contributed by atoms with Gasteiger partial charge in [-0.15, -0.1) is 0 Å². The van der Waals surface area contributed by atoms with Crippen LogP contribution in [0.3, 0.4) is 0 Å². The largest absolute Gasteiger partial charge is 0.508 e. The van der Waals surface area contributed by atoms with Gasteiger partial charge in [0.25, 0.3) is 0 Å². The number of benzene rings is 3. The van der Waals surface area contributed by atoms with Crippen molar-refractivity contribution < 1.29 is 29.5 Å². The second-order valence-corrected chi connectivity index (χ2v) is 8.94. The molecular formula is C28H32O6. The molecule has 6 nitrogen and oxygen atoms in total. The van der Waals surface area contributed by atoms with Gasteiger partial charge in [-0.05, 0) is 66.3 Å². The Balaban J connectivity index is 1.95. The Hall–Kier alpha value is -3.54. The lowest BCUT2D eigenvalue weighted by Crippen LogP contribution is -2.26. The van der Waals surface area contributed by atoms with Gasteiger partial charge in [0.15, 0.2) is 11.5 Å². The highest BCUT2D eigenvalue weighted by atomic mass is 16.5. The first-order chi connectivity index (χ1) is 16.3. The molecule has 1 heterocycles. The Morgan fingerprint density at radius 3 is 2.03 bits per heavy atom. The number of fused-ring (bicyclic) bond motifs is 1. The maximum absolute atomic E-state index is 10.6. The zero-order valence-electron chi connectivity index (χ0n) is 20.3. The molecule has 3 aromatic carbocycles. The number of aryl methyl sites for hydroxylation is 3. The first-order valence-corrected chi connectivity index (χ1v) is 11.5. The van der Waals surface area contributed by atoms with Crippen molar-refractivity contribution in [2.75, 3.05) is 20.8 Å². The smallest absolute Gasteiger partial charge is 0.200 e. The monoisotopic (exact) mass is 464 g/mol. The normalized spacial score (nSPS) is 17.1. The van der Waals surface area contributed by atoms with Crippen molar-refractivity contribution in [2.45, 2.75) is 45.4 Å². The Bertz CT molecular complexity index is 1170. The SMILES string of the molecule is CCCc1cc2c(cc1O)OCC(c1cc(OC)c(O)c(OC)c1)C2c1cc(C)c(O)c(C)c1. The van der Waals surface area contributed by atoms with Crippen molar-refractivity contribution in [2.24, 2.45) is 0 Å². The molecule has 0 saturated carbocycles. The Morgan fingerprint density at radius 2 is 1.47 bits per heavy atom. The van der Waals surface area contributed by atoms with E-state index in [0.717, 1.165) is 46.2 Å². The van der Waals surface area contributed by atoms with Gasteiger partial charge in [0.05, 0.1) is 20.8 Å².